The number of nitrogens with zero attached hydrogens (tertiary/aromatic N) is 2. The van der Waals surface area contributed by atoms with Crippen molar-refractivity contribution >= 4 is 29.3 Å². The van der Waals surface area contributed by atoms with E-state index < -0.39 is 0 Å². The number of amides is 2. The topological polar surface area (TPSA) is 52.7 Å². The number of hydrogen-bond acceptors (Lipinski definition) is 4. The Morgan fingerprint density at radius 2 is 1.56 bits per heavy atom. The van der Waals surface area contributed by atoms with Crippen LogP contribution in [0.15, 0.2) is 59.5 Å². The molecule has 6 heteroatoms. The van der Waals surface area contributed by atoms with Crippen molar-refractivity contribution in [3.63, 3.8) is 0 Å². The number of para-hydroxylation sites is 1. The Bertz CT molecular complexity index is 891. The fraction of sp³-hybridized carbons (Fsp3) is 0.462. The monoisotopic (exact) mass is 451 g/mol. The van der Waals surface area contributed by atoms with E-state index in [-0.39, 0.29) is 11.8 Å². The molecule has 0 bridgehead atoms. The second-order valence-electron chi connectivity index (χ2n) is 8.71. The van der Waals surface area contributed by atoms with Gasteiger partial charge in [-0.3, -0.25) is 9.59 Å². The van der Waals surface area contributed by atoms with Crippen LogP contribution in [-0.4, -0.2) is 55.2 Å². The van der Waals surface area contributed by atoms with Gasteiger partial charge in [-0.05, 0) is 43.0 Å². The van der Waals surface area contributed by atoms with E-state index in [0.717, 1.165) is 24.5 Å². The lowest BCUT2D eigenvalue weighted by Gasteiger charge is -2.36. The van der Waals surface area contributed by atoms with Crippen LogP contribution in [0.2, 0.25) is 0 Å². The first-order valence-corrected chi connectivity index (χ1v) is 12.8. The predicted molar refractivity (Wildman–Crippen MR) is 131 cm³/mol. The summed E-state index contributed by atoms with van der Waals surface area (Å²) in [6.45, 7) is 3.85. The van der Waals surface area contributed by atoms with Gasteiger partial charge in [0, 0.05) is 43.3 Å². The molecular weight excluding hydrogens is 418 g/mol. The molecular formula is C26H33N3O2S. The van der Waals surface area contributed by atoms with Gasteiger partial charge in [0.1, 0.15) is 0 Å². The molecule has 5 nitrogen and oxygen atoms in total. The van der Waals surface area contributed by atoms with E-state index in [0.29, 0.717) is 30.3 Å². The van der Waals surface area contributed by atoms with Crippen LogP contribution in [0.25, 0.3) is 0 Å². The first-order chi connectivity index (χ1) is 15.7. The quantitative estimate of drug-likeness (QED) is 0.633. The van der Waals surface area contributed by atoms with Gasteiger partial charge in [0.25, 0.3) is 5.91 Å². The summed E-state index contributed by atoms with van der Waals surface area (Å²) >= 11 is 1.46. The Morgan fingerprint density at radius 3 is 2.31 bits per heavy atom. The number of nitrogens with one attached hydrogen (secondary N) is 1. The number of carbonyl (C=O) groups excluding carboxylic acids is 2. The average Bonchev–Trinajstić information content (AvgIpc) is 2.87. The molecule has 2 aromatic carbocycles. The summed E-state index contributed by atoms with van der Waals surface area (Å²) in [5.41, 5.74) is 1.90. The molecule has 1 N–H and O–H groups in total. The molecule has 1 aliphatic carbocycles. The molecule has 1 saturated carbocycles. The maximum atomic E-state index is 13.2. The second kappa shape index (κ2) is 11.4. The van der Waals surface area contributed by atoms with Gasteiger partial charge < -0.3 is 15.1 Å². The normalized spacial score (nSPS) is 17.2. The maximum absolute atomic E-state index is 13.2. The third kappa shape index (κ3) is 6.06. The highest BCUT2D eigenvalue weighted by molar-refractivity contribution is 8.00. The van der Waals surface area contributed by atoms with Crippen LogP contribution in [0.4, 0.5) is 5.69 Å². The number of thioether (sulfide) groups is 1. The molecule has 0 aromatic heterocycles. The van der Waals surface area contributed by atoms with Crippen LogP contribution in [0, 0.1) is 5.92 Å². The third-order valence-corrected chi connectivity index (χ3v) is 7.55. The molecule has 1 saturated heterocycles. The molecule has 0 atom stereocenters. The first-order valence-electron chi connectivity index (χ1n) is 11.8. The van der Waals surface area contributed by atoms with E-state index >= 15 is 0 Å². The fourth-order valence-electron chi connectivity index (χ4n) is 4.59. The summed E-state index contributed by atoms with van der Waals surface area (Å²) in [4.78, 5) is 30.8. The van der Waals surface area contributed by atoms with Gasteiger partial charge in [0.05, 0.1) is 11.3 Å². The summed E-state index contributed by atoms with van der Waals surface area (Å²) in [6.07, 6.45) is 6.34. The van der Waals surface area contributed by atoms with Crippen LogP contribution in [0.3, 0.4) is 0 Å². The van der Waals surface area contributed by atoms with Gasteiger partial charge in [0.15, 0.2) is 0 Å². The van der Waals surface area contributed by atoms with Crippen LogP contribution in [-0.2, 0) is 4.79 Å². The highest BCUT2D eigenvalue weighted by Crippen LogP contribution is 2.26. The Morgan fingerprint density at radius 1 is 0.875 bits per heavy atom. The molecule has 4 rings (SSSR count). The molecule has 2 amide bonds. The molecule has 0 radical (unpaired) electrons. The minimum atomic E-state index is 0.0549. The van der Waals surface area contributed by atoms with Crippen molar-refractivity contribution in [1.82, 2.24) is 10.2 Å². The SMILES string of the molecule is O=C(CSc1ccccc1C(=O)N1CCN(c2ccccc2)CC1)NCC1CCCCC1. The lowest BCUT2D eigenvalue weighted by molar-refractivity contribution is -0.118. The minimum Gasteiger partial charge on any atom is -0.368 e. The third-order valence-electron chi connectivity index (χ3n) is 6.48. The summed E-state index contributed by atoms with van der Waals surface area (Å²) in [5.74, 6) is 1.09. The van der Waals surface area contributed by atoms with Crippen LogP contribution >= 0.6 is 11.8 Å². The standard InChI is InChI=1S/C26H33N3O2S/c30-25(27-19-21-9-3-1-4-10-21)20-32-24-14-8-7-13-23(24)26(31)29-17-15-28(16-18-29)22-11-5-2-6-12-22/h2,5-8,11-14,21H,1,3-4,9-10,15-20H2,(H,27,30). The van der Waals surface area contributed by atoms with E-state index in [4.69, 9.17) is 0 Å². The van der Waals surface area contributed by atoms with Gasteiger partial charge in [-0.2, -0.15) is 0 Å². The van der Waals surface area contributed by atoms with Crippen LogP contribution in [0.5, 0.6) is 0 Å². The van der Waals surface area contributed by atoms with E-state index in [1.165, 1.54) is 49.6 Å². The molecule has 1 heterocycles. The van der Waals surface area contributed by atoms with Gasteiger partial charge in [-0.25, -0.2) is 0 Å². The van der Waals surface area contributed by atoms with Crippen molar-refractivity contribution in [2.24, 2.45) is 5.92 Å². The number of benzene rings is 2. The van der Waals surface area contributed by atoms with Gasteiger partial charge in [-0.15, -0.1) is 11.8 Å². The molecule has 170 valence electrons. The zero-order chi connectivity index (χ0) is 22.2. The fourth-order valence-corrected chi connectivity index (χ4v) is 5.46. The Hall–Kier alpha value is -2.47. The zero-order valence-electron chi connectivity index (χ0n) is 18.7. The maximum Gasteiger partial charge on any atom is 0.255 e. The van der Waals surface area contributed by atoms with E-state index in [2.05, 4.69) is 22.3 Å². The van der Waals surface area contributed by atoms with E-state index in [9.17, 15) is 9.59 Å². The smallest absolute Gasteiger partial charge is 0.255 e. The average molecular weight is 452 g/mol. The lowest BCUT2D eigenvalue weighted by atomic mass is 9.89. The Labute approximate surface area is 195 Å². The second-order valence-corrected chi connectivity index (χ2v) is 9.72. The van der Waals surface area contributed by atoms with Crippen molar-refractivity contribution in [1.29, 1.82) is 0 Å². The molecule has 2 fully saturated rings. The molecule has 0 unspecified atom stereocenters. The van der Waals surface area contributed by atoms with Crippen LogP contribution in [0.1, 0.15) is 42.5 Å². The highest BCUT2D eigenvalue weighted by atomic mass is 32.2. The molecule has 1 aliphatic heterocycles. The number of carbonyl (C=O) groups is 2. The van der Waals surface area contributed by atoms with Crippen molar-refractivity contribution in [2.45, 2.75) is 37.0 Å². The van der Waals surface area contributed by atoms with Crippen molar-refractivity contribution < 1.29 is 9.59 Å². The molecule has 32 heavy (non-hydrogen) atoms. The Kier molecular flexibility index (Phi) is 8.10. The summed E-state index contributed by atoms with van der Waals surface area (Å²) in [5, 5.41) is 3.09. The molecule has 0 spiro atoms. The van der Waals surface area contributed by atoms with Gasteiger partial charge >= 0.3 is 0 Å². The molecule has 2 aromatic rings. The lowest BCUT2D eigenvalue weighted by Crippen LogP contribution is -2.48. The van der Waals surface area contributed by atoms with Crippen molar-refractivity contribution in [3.8, 4) is 0 Å². The number of rotatable bonds is 7. The number of piperazine rings is 1. The predicted octanol–water partition coefficient (Wildman–Crippen LogP) is 4.44. The minimum absolute atomic E-state index is 0.0549. The first kappa shape index (κ1) is 22.7. The highest BCUT2D eigenvalue weighted by Gasteiger charge is 2.24. The van der Waals surface area contributed by atoms with Crippen molar-refractivity contribution in [3.05, 3.63) is 60.2 Å². The number of hydrogen-bond donors (Lipinski definition) is 1. The summed E-state index contributed by atoms with van der Waals surface area (Å²) in [7, 11) is 0. The van der Waals surface area contributed by atoms with Crippen molar-refractivity contribution in [2.75, 3.05) is 43.4 Å². The Balaban J connectivity index is 1.29. The largest absolute Gasteiger partial charge is 0.368 e. The molecule has 2 aliphatic rings. The van der Waals surface area contributed by atoms with E-state index in [1.54, 1.807) is 0 Å². The van der Waals surface area contributed by atoms with Gasteiger partial charge in [0.2, 0.25) is 5.91 Å². The summed E-state index contributed by atoms with van der Waals surface area (Å²) in [6, 6.07) is 18.0. The van der Waals surface area contributed by atoms with E-state index in [1.807, 2.05) is 47.4 Å². The number of anilines is 1. The van der Waals surface area contributed by atoms with Gasteiger partial charge in [-0.1, -0.05) is 49.6 Å². The van der Waals surface area contributed by atoms with Crippen LogP contribution < -0.4 is 10.2 Å². The summed E-state index contributed by atoms with van der Waals surface area (Å²) < 4.78 is 0. The zero-order valence-corrected chi connectivity index (χ0v) is 19.5.